The highest BCUT2D eigenvalue weighted by Crippen LogP contribution is 2.44. The minimum absolute atomic E-state index is 0.0960. The van der Waals surface area contributed by atoms with Crippen molar-refractivity contribution < 1.29 is 19.7 Å². The number of aromatic hydroxyl groups is 2. The van der Waals surface area contributed by atoms with Crippen LogP contribution in [0, 0.1) is 0 Å². The van der Waals surface area contributed by atoms with Crippen LogP contribution in [0.2, 0.25) is 0 Å². The molecule has 1 amide bonds. The van der Waals surface area contributed by atoms with Gasteiger partial charge in [0.2, 0.25) is 0 Å². The normalized spacial score (nSPS) is 15.7. The molecule has 1 atom stereocenters. The zero-order chi connectivity index (χ0) is 20.4. The average Bonchev–Trinajstić information content (AvgIpc) is 3.25. The molecule has 7 nitrogen and oxygen atoms in total. The predicted octanol–water partition coefficient (Wildman–Crippen LogP) is 3.46. The van der Waals surface area contributed by atoms with Crippen molar-refractivity contribution in [2.75, 3.05) is 19.8 Å². The summed E-state index contributed by atoms with van der Waals surface area (Å²) in [6, 6.07) is 13.4. The Labute approximate surface area is 168 Å². The summed E-state index contributed by atoms with van der Waals surface area (Å²) in [5, 5.41) is 27.6. The molecule has 1 aliphatic heterocycles. The van der Waals surface area contributed by atoms with Crippen molar-refractivity contribution in [2.24, 2.45) is 0 Å². The van der Waals surface area contributed by atoms with Gasteiger partial charge in [-0.15, -0.1) is 0 Å². The lowest BCUT2D eigenvalue weighted by atomic mass is 9.95. The molecule has 0 radical (unpaired) electrons. The lowest BCUT2D eigenvalue weighted by molar-refractivity contribution is 0.0710. The molecule has 1 aromatic heterocycles. The fourth-order valence-corrected chi connectivity index (χ4v) is 3.83. The van der Waals surface area contributed by atoms with Crippen LogP contribution < -0.4 is 0 Å². The Bertz CT molecular complexity index is 1030. The van der Waals surface area contributed by atoms with Crippen molar-refractivity contribution >= 4 is 5.91 Å². The van der Waals surface area contributed by atoms with E-state index in [0.29, 0.717) is 48.7 Å². The maximum Gasteiger partial charge on any atom is 0.273 e. The van der Waals surface area contributed by atoms with Crippen LogP contribution in [0.25, 0.3) is 11.3 Å². The van der Waals surface area contributed by atoms with E-state index >= 15 is 0 Å². The largest absolute Gasteiger partial charge is 0.508 e. The molecule has 3 aromatic rings. The second-order valence-electron chi connectivity index (χ2n) is 6.92. The summed E-state index contributed by atoms with van der Waals surface area (Å²) in [4.78, 5) is 14.9. The monoisotopic (exact) mass is 393 g/mol. The number of nitrogens with zero attached hydrogens (tertiary/aromatic N) is 2. The summed E-state index contributed by atoms with van der Waals surface area (Å²) in [7, 11) is 0. The standard InChI is InChI=1S/C22H23N3O4/c1-2-29-12-6-11-25-21(14-7-5-8-15(26)13-14)18-19(23-24-20(18)22(25)28)16-9-3-4-10-17(16)27/h3-5,7-10,13,21,26-27H,2,6,11-12H2,1H3,(H,23,24). The summed E-state index contributed by atoms with van der Waals surface area (Å²) < 4.78 is 5.42. The van der Waals surface area contributed by atoms with Crippen LogP contribution in [0.5, 0.6) is 11.5 Å². The lowest BCUT2D eigenvalue weighted by Crippen LogP contribution is -2.31. The molecule has 2 heterocycles. The van der Waals surface area contributed by atoms with E-state index in [4.69, 9.17) is 4.74 Å². The SMILES string of the molecule is CCOCCCN1C(=O)c2[nH]nc(-c3ccccc3O)c2C1c1cccc(O)c1. The highest BCUT2D eigenvalue weighted by molar-refractivity contribution is 6.00. The molecule has 4 rings (SSSR count). The highest BCUT2D eigenvalue weighted by Gasteiger charge is 2.42. The molecule has 0 saturated heterocycles. The van der Waals surface area contributed by atoms with Gasteiger partial charge in [0.15, 0.2) is 0 Å². The van der Waals surface area contributed by atoms with Gasteiger partial charge in [-0.05, 0) is 43.2 Å². The Morgan fingerprint density at radius 1 is 1.17 bits per heavy atom. The predicted molar refractivity (Wildman–Crippen MR) is 108 cm³/mol. The van der Waals surface area contributed by atoms with Crippen molar-refractivity contribution in [1.29, 1.82) is 0 Å². The number of rotatable bonds is 7. The number of ether oxygens (including phenoxy) is 1. The van der Waals surface area contributed by atoms with Gasteiger partial charge in [0.25, 0.3) is 5.91 Å². The quantitative estimate of drug-likeness (QED) is 0.534. The van der Waals surface area contributed by atoms with Crippen molar-refractivity contribution in [3.05, 3.63) is 65.4 Å². The fourth-order valence-electron chi connectivity index (χ4n) is 3.83. The van der Waals surface area contributed by atoms with Crippen LogP contribution in [0.15, 0.2) is 48.5 Å². The van der Waals surface area contributed by atoms with Crippen LogP contribution in [-0.2, 0) is 4.74 Å². The first-order valence-corrected chi connectivity index (χ1v) is 9.66. The number of aromatic amines is 1. The maximum absolute atomic E-state index is 13.1. The maximum atomic E-state index is 13.1. The molecule has 0 spiro atoms. The number of fused-ring (bicyclic) bond motifs is 1. The van der Waals surface area contributed by atoms with Crippen LogP contribution in [0.4, 0.5) is 0 Å². The third-order valence-electron chi connectivity index (χ3n) is 5.10. The third-order valence-corrected chi connectivity index (χ3v) is 5.10. The smallest absolute Gasteiger partial charge is 0.273 e. The Morgan fingerprint density at radius 2 is 2.00 bits per heavy atom. The minimum Gasteiger partial charge on any atom is -0.508 e. The van der Waals surface area contributed by atoms with Gasteiger partial charge in [-0.1, -0.05) is 24.3 Å². The van der Waals surface area contributed by atoms with Crippen LogP contribution in [0.1, 0.15) is 41.0 Å². The average molecular weight is 393 g/mol. The minimum atomic E-state index is -0.417. The first-order chi connectivity index (χ1) is 14.1. The molecular weight excluding hydrogens is 370 g/mol. The summed E-state index contributed by atoms with van der Waals surface area (Å²) in [6.45, 7) is 3.63. The molecule has 7 heteroatoms. The fraction of sp³-hybridized carbons (Fsp3) is 0.273. The number of nitrogens with one attached hydrogen (secondary N) is 1. The van der Waals surface area contributed by atoms with Crippen molar-refractivity contribution in [2.45, 2.75) is 19.4 Å². The van der Waals surface area contributed by atoms with Crippen molar-refractivity contribution in [1.82, 2.24) is 15.1 Å². The third kappa shape index (κ3) is 3.45. The molecule has 0 aliphatic carbocycles. The number of H-pyrrole nitrogens is 1. The zero-order valence-corrected chi connectivity index (χ0v) is 16.1. The Hall–Kier alpha value is -3.32. The van der Waals surface area contributed by atoms with Gasteiger partial charge in [0.05, 0.1) is 6.04 Å². The van der Waals surface area contributed by atoms with E-state index < -0.39 is 6.04 Å². The Balaban J connectivity index is 1.79. The molecule has 0 fully saturated rings. The van der Waals surface area contributed by atoms with E-state index in [2.05, 4.69) is 10.2 Å². The van der Waals surface area contributed by atoms with Gasteiger partial charge >= 0.3 is 0 Å². The number of carbonyl (C=O) groups is 1. The molecule has 0 saturated carbocycles. The number of phenolic OH excluding ortho intramolecular Hbond substituents is 2. The summed E-state index contributed by atoms with van der Waals surface area (Å²) >= 11 is 0. The number of hydrogen-bond donors (Lipinski definition) is 3. The molecule has 0 bridgehead atoms. The second-order valence-corrected chi connectivity index (χ2v) is 6.92. The van der Waals surface area contributed by atoms with Gasteiger partial charge in [-0.3, -0.25) is 9.89 Å². The van der Waals surface area contributed by atoms with E-state index in [1.807, 2.05) is 19.1 Å². The summed E-state index contributed by atoms with van der Waals surface area (Å²) in [5.41, 5.74) is 2.99. The van der Waals surface area contributed by atoms with Gasteiger partial charge in [0.1, 0.15) is 22.9 Å². The van der Waals surface area contributed by atoms with E-state index in [1.165, 1.54) is 0 Å². The van der Waals surface area contributed by atoms with E-state index in [9.17, 15) is 15.0 Å². The number of carbonyl (C=O) groups excluding carboxylic acids is 1. The van der Waals surface area contributed by atoms with Gasteiger partial charge < -0.3 is 19.8 Å². The van der Waals surface area contributed by atoms with E-state index in [0.717, 1.165) is 5.56 Å². The van der Waals surface area contributed by atoms with Crippen molar-refractivity contribution in [3.63, 3.8) is 0 Å². The molecule has 29 heavy (non-hydrogen) atoms. The van der Waals surface area contributed by atoms with Gasteiger partial charge in [0, 0.05) is 30.9 Å². The molecular formula is C22H23N3O4. The number of phenols is 2. The van der Waals surface area contributed by atoms with E-state index in [1.54, 1.807) is 41.3 Å². The summed E-state index contributed by atoms with van der Waals surface area (Å²) in [5.74, 6) is 0.0722. The van der Waals surface area contributed by atoms with Crippen LogP contribution >= 0.6 is 0 Å². The zero-order valence-electron chi connectivity index (χ0n) is 16.1. The molecule has 1 unspecified atom stereocenters. The number of amides is 1. The highest BCUT2D eigenvalue weighted by atomic mass is 16.5. The van der Waals surface area contributed by atoms with Crippen molar-refractivity contribution in [3.8, 4) is 22.8 Å². The summed E-state index contributed by atoms with van der Waals surface area (Å²) in [6.07, 6.45) is 0.693. The first kappa shape index (κ1) is 19.0. The number of para-hydroxylation sites is 1. The molecule has 3 N–H and O–H groups in total. The number of benzene rings is 2. The lowest BCUT2D eigenvalue weighted by Gasteiger charge is -2.26. The van der Waals surface area contributed by atoms with E-state index in [-0.39, 0.29) is 17.4 Å². The molecule has 150 valence electrons. The van der Waals surface area contributed by atoms with Gasteiger partial charge in [-0.2, -0.15) is 5.10 Å². The Kier molecular flexibility index (Phi) is 5.22. The van der Waals surface area contributed by atoms with Gasteiger partial charge in [-0.25, -0.2) is 0 Å². The Morgan fingerprint density at radius 3 is 2.76 bits per heavy atom. The number of aromatic nitrogens is 2. The second kappa shape index (κ2) is 7.97. The van der Waals surface area contributed by atoms with Crippen LogP contribution in [0.3, 0.4) is 0 Å². The number of hydrogen-bond acceptors (Lipinski definition) is 5. The topological polar surface area (TPSA) is 98.7 Å². The first-order valence-electron chi connectivity index (χ1n) is 9.66. The molecule has 2 aromatic carbocycles. The van der Waals surface area contributed by atoms with Crippen LogP contribution in [-0.4, -0.2) is 51.0 Å². The molecule has 1 aliphatic rings.